The van der Waals surface area contributed by atoms with Crippen LogP contribution in [0.4, 0.5) is 28.1 Å². The van der Waals surface area contributed by atoms with Crippen molar-refractivity contribution in [2.75, 3.05) is 53.4 Å². The van der Waals surface area contributed by atoms with Crippen molar-refractivity contribution in [3.8, 4) is 11.4 Å². The van der Waals surface area contributed by atoms with Gasteiger partial charge in [-0.2, -0.15) is 15.0 Å². The molecule has 0 radical (unpaired) electrons. The second-order valence-corrected chi connectivity index (χ2v) is 10.7. The number of nitrogens with one attached hydrogen (secondary N) is 2. The maximum Gasteiger partial charge on any atom is 0.323 e. The molecule has 4 heterocycles. The lowest BCUT2D eigenvalue weighted by Gasteiger charge is -2.36. The standard InChI is InChI=1S/C29H35N7O4/c1-18-15-39-14-13-35(18)27-32-26(33-28(34-27)36-24-11-12-25(36)17-40-16-24)21-5-9-23(10-6-21)31-29(38)30-22-7-3-20(4-8-22)19(2)37/h3-10,18-19,24-25,37H,11-17H2,1-2H3,(H2,30,31,38)/t18-,19?,24?,25?/m1/s1. The van der Waals surface area contributed by atoms with Crippen molar-refractivity contribution in [3.63, 3.8) is 0 Å². The van der Waals surface area contributed by atoms with Gasteiger partial charge < -0.3 is 35.0 Å². The number of aliphatic hydroxyl groups excluding tert-OH is 1. The highest BCUT2D eigenvalue weighted by molar-refractivity contribution is 5.99. The fourth-order valence-electron chi connectivity index (χ4n) is 5.55. The third kappa shape index (κ3) is 5.58. The van der Waals surface area contributed by atoms with Gasteiger partial charge in [-0.3, -0.25) is 0 Å². The lowest BCUT2D eigenvalue weighted by atomic mass is 10.1. The van der Waals surface area contributed by atoms with Crippen LogP contribution in [0.5, 0.6) is 0 Å². The fourth-order valence-corrected chi connectivity index (χ4v) is 5.55. The van der Waals surface area contributed by atoms with Crippen LogP contribution in [0, 0.1) is 0 Å². The monoisotopic (exact) mass is 545 g/mol. The lowest BCUT2D eigenvalue weighted by molar-refractivity contribution is 0.0895. The smallest absolute Gasteiger partial charge is 0.323 e. The molecule has 210 valence electrons. The van der Waals surface area contributed by atoms with Crippen LogP contribution in [0.25, 0.3) is 11.4 Å². The van der Waals surface area contributed by atoms with Crippen molar-refractivity contribution in [1.29, 1.82) is 0 Å². The van der Waals surface area contributed by atoms with Gasteiger partial charge in [0.1, 0.15) is 0 Å². The number of hydrogen-bond donors (Lipinski definition) is 3. The van der Waals surface area contributed by atoms with Crippen molar-refractivity contribution in [2.45, 2.75) is 50.9 Å². The third-order valence-corrected chi connectivity index (χ3v) is 7.76. The molecule has 3 fully saturated rings. The first-order valence-corrected chi connectivity index (χ1v) is 13.9. The summed E-state index contributed by atoms with van der Waals surface area (Å²) in [6.45, 7) is 7.19. The Labute approximate surface area is 233 Å². The van der Waals surface area contributed by atoms with E-state index in [2.05, 4.69) is 27.4 Å². The number of carbonyl (C=O) groups is 1. The Kier molecular flexibility index (Phi) is 7.50. The van der Waals surface area contributed by atoms with Crippen molar-refractivity contribution < 1.29 is 19.4 Å². The van der Waals surface area contributed by atoms with Crippen LogP contribution < -0.4 is 20.4 Å². The molecule has 40 heavy (non-hydrogen) atoms. The SMILES string of the molecule is CC(O)c1ccc(NC(=O)Nc2ccc(-c3nc(N4C5CCC4COC5)nc(N4CCOC[C@H]4C)n3)cc2)cc1. The summed E-state index contributed by atoms with van der Waals surface area (Å²) >= 11 is 0. The van der Waals surface area contributed by atoms with Gasteiger partial charge in [-0.15, -0.1) is 0 Å². The molecule has 3 aliphatic rings. The molecular formula is C29H35N7O4. The van der Waals surface area contributed by atoms with Gasteiger partial charge in [0.2, 0.25) is 11.9 Å². The van der Waals surface area contributed by atoms with E-state index in [4.69, 9.17) is 24.4 Å². The highest BCUT2D eigenvalue weighted by Gasteiger charge is 2.39. The predicted molar refractivity (Wildman–Crippen MR) is 153 cm³/mol. The van der Waals surface area contributed by atoms with Crippen LogP contribution in [-0.2, 0) is 9.47 Å². The number of morpholine rings is 2. The molecule has 3 unspecified atom stereocenters. The van der Waals surface area contributed by atoms with E-state index >= 15 is 0 Å². The Hall–Kier alpha value is -3.80. The number of aliphatic hydroxyl groups is 1. The molecule has 0 spiro atoms. The van der Waals surface area contributed by atoms with Gasteiger partial charge in [0.15, 0.2) is 5.82 Å². The number of fused-ring (bicyclic) bond motifs is 2. The van der Waals surface area contributed by atoms with E-state index in [9.17, 15) is 9.90 Å². The highest BCUT2D eigenvalue weighted by atomic mass is 16.5. The first-order valence-electron chi connectivity index (χ1n) is 13.9. The van der Waals surface area contributed by atoms with E-state index in [-0.39, 0.29) is 24.2 Å². The lowest BCUT2D eigenvalue weighted by Crippen LogP contribution is -2.48. The second kappa shape index (κ2) is 11.4. The van der Waals surface area contributed by atoms with Gasteiger partial charge in [-0.05, 0) is 68.7 Å². The summed E-state index contributed by atoms with van der Waals surface area (Å²) in [6.07, 6.45) is 1.59. The Morgan fingerprint density at radius 3 is 2.15 bits per heavy atom. The van der Waals surface area contributed by atoms with Crippen molar-refractivity contribution in [1.82, 2.24) is 15.0 Å². The molecule has 1 aromatic heterocycles. The van der Waals surface area contributed by atoms with Gasteiger partial charge >= 0.3 is 6.03 Å². The molecule has 2 aromatic carbocycles. The van der Waals surface area contributed by atoms with Gasteiger partial charge in [0.05, 0.1) is 50.7 Å². The summed E-state index contributed by atoms with van der Waals surface area (Å²) in [5.41, 5.74) is 2.91. The van der Waals surface area contributed by atoms with Crippen LogP contribution in [0.1, 0.15) is 38.4 Å². The minimum atomic E-state index is -0.556. The van der Waals surface area contributed by atoms with Crippen LogP contribution in [0.3, 0.4) is 0 Å². The topological polar surface area (TPSA) is 125 Å². The molecule has 0 saturated carbocycles. The largest absolute Gasteiger partial charge is 0.389 e. The molecule has 11 heteroatoms. The average molecular weight is 546 g/mol. The zero-order valence-corrected chi connectivity index (χ0v) is 22.8. The molecule has 2 amide bonds. The molecular weight excluding hydrogens is 510 g/mol. The minimum absolute atomic E-state index is 0.159. The van der Waals surface area contributed by atoms with E-state index in [1.807, 2.05) is 24.3 Å². The zero-order chi connectivity index (χ0) is 27.6. The van der Waals surface area contributed by atoms with Crippen molar-refractivity contribution in [2.24, 2.45) is 0 Å². The normalized spacial score (nSPS) is 23.1. The van der Waals surface area contributed by atoms with Crippen molar-refractivity contribution in [3.05, 3.63) is 54.1 Å². The molecule has 3 N–H and O–H groups in total. The van der Waals surface area contributed by atoms with Gasteiger partial charge in [0, 0.05) is 23.5 Å². The van der Waals surface area contributed by atoms with E-state index in [0.29, 0.717) is 55.5 Å². The quantitative estimate of drug-likeness (QED) is 0.424. The Morgan fingerprint density at radius 2 is 1.52 bits per heavy atom. The number of aromatic nitrogens is 3. The number of ether oxygens (including phenoxy) is 2. The van der Waals surface area contributed by atoms with Gasteiger partial charge in [-0.25, -0.2) is 4.79 Å². The number of rotatable bonds is 6. The first kappa shape index (κ1) is 26.4. The van der Waals surface area contributed by atoms with Crippen LogP contribution >= 0.6 is 0 Å². The summed E-state index contributed by atoms with van der Waals surface area (Å²) in [5.74, 6) is 1.95. The molecule has 6 rings (SSSR count). The molecule has 4 atom stereocenters. The molecule has 0 aliphatic carbocycles. The molecule has 3 saturated heterocycles. The molecule has 11 nitrogen and oxygen atoms in total. The number of nitrogens with zero attached hydrogens (tertiary/aromatic N) is 5. The van der Waals surface area contributed by atoms with E-state index in [1.54, 1.807) is 31.2 Å². The Morgan fingerprint density at radius 1 is 0.900 bits per heavy atom. The molecule has 3 aliphatic heterocycles. The second-order valence-electron chi connectivity index (χ2n) is 10.7. The van der Waals surface area contributed by atoms with Crippen LogP contribution in [-0.4, -0.2) is 77.2 Å². The molecule has 3 aromatic rings. The Balaban J connectivity index is 1.22. The number of anilines is 4. The third-order valence-electron chi connectivity index (χ3n) is 7.76. The Bertz CT molecular complexity index is 1320. The zero-order valence-electron chi connectivity index (χ0n) is 22.8. The predicted octanol–water partition coefficient (Wildman–Crippen LogP) is 3.83. The van der Waals surface area contributed by atoms with Gasteiger partial charge in [0.25, 0.3) is 0 Å². The van der Waals surface area contributed by atoms with Crippen LogP contribution in [0.15, 0.2) is 48.5 Å². The van der Waals surface area contributed by atoms with E-state index < -0.39 is 6.10 Å². The number of carbonyl (C=O) groups excluding carboxylic acids is 1. The summed E-state index contributed by atoms with van der Waals surface area (Å²) in [7, 11) is 0. The summed E-state index contributed by atoms with van der Waals surface area (Å²) in [6, 6.07) is 14.9. The highest BCUT2D eigenvalue weighted by Crippen LogP contribution is 2.34. The molecule has 2 bridgehead atoms. The summed E-state index contributed by atoms with van der Waals surface area (Å²) in [4.78, 5) is 31.8. The van der Waals surface area contributed by atoms with Crippen LogP contribution in [0.2, 0.25) is 0 Å². The van der Waals surface area contributed by atoms with E-state index in [0.717, 1.165) is 30.5 Å². The number of urea groups is 1. The van der Waals surface area contributed by atoms with Crippen molar-refractivity contribution >= 4 is 29.3 Å². The van der Waals surface area contributed by atoms with E-state index in [1.165, 1.54) is 0 Å². The summed E-state index contributed by atoms with van der Waals surface area (Å²) in [5, 5.41) is 15.3. The van der Waals surface area contributed by atoms with Gasteiger partial charge in [-0.1, -0.05) is 12.1 Å². The minimum Gasteiger partial charge on any atom is -0.389 e. The first-order chi connectivity index (χ1) is 19.4. The number of hydrogen-bond acceptors (Lipinski definition) is 9. The maximum atomic E-state index is 12.6. The number of benzene rings is 2. The maximum absolute atomic E-state index is 12.6. The number of amides is 2. The summed E-state index contributed by atoms with van der Waals surface area (Å²) < 4.78 is 11.4. The average Bonchev–Trinajstić information content (AvgIpc) is 3.21. The fraction of sp³-hybridized carbons (Fsp3) is 0.448.